The number of nitrogens with two attached hydrogens (primary N) is 1. The smallest absolute Gasteiger partial charge is 0.374 e. The molecule has 0 amide bonds. The van der Waals surface area contributed by atoms with E-state index in [-0.39, 0.29) is 18.6 Å². The summed E-state index contributed by atoms with van der Waals surface area (Å²) in [5.41, 5.74) is 1.49. The summed E-state index contributed by atoms with van der Waals surface area (Å²) in [5.74, 6) is 0. The third-order valence-corrected chi connectivity index (χ3v) is 2.90. The molecule has 3 N–H and O–H groups in total. The second-order valence-corrected chi connectivity index (χ2v) is 4.32. The van der Waals surface area contributed by atoms with Crippen molar-refractivity contribution in [2.24, 2.45) is 5.73 Å². The van der Waals surface area contributed by atoms with Gasteiger partial charge in [-0.25, -0.2) is 4.98 Å². The number of hydrogen-bond acceptors (Lipinski definition) is 5. The van der Waals surface area contributed by atoms with E-state index in [4.69, 9.17) is 22.1 Å². The number of nitrogens with zero attached hydrogens (tertiary/aromatic N) is 1. The minimum atomic E-state index is -4.95. The predicted octanol–water partition coefficient (Wildman–Crippen LogP) is 1.56. The van der Waals surface area contributed by atoms with Crippen molar-refractivity contribution in [2.45, 2.75) is 18.4 Å². The second-order valence-electron chi connectivity index (χ2n) is 3.96. The molecule has 1 unspecified atom stereocenters. The number of rotatable bonds is 6. The zero-order chi connectivity index (χ0) is 15.4. The summed E-state index contributed by atoms with van der Waals surface area (Å²) in [6.45, 7) is -1.03. The van der Waals surface area contributed by atoms with Crippen LogP contribution in [0.2, 0.25) is 5.15 Å². The Hall–Kier alpha value is -0.930. The first-order valence-electron chi connectivity index (χ1n) is 5.48. The molecule has 5 nitrogen and oxygen atoms in total. The lowest BCUT2D eigenvalue weighted by Gasteiger charge is -2.28. The summed E-state index contributed by atoms with van der Waals surface area (Å²) in [4.78, 5) is 3.56. The maximum atomic E-state index is 12.8. The molecule has 0 aliphatic carbocycles. The summed E-state index contributed by atoms with van der Waals surface area (Å²) in [6.07, 6.45) is -4.95. The summed E-state index contributed by atoms with van der Waals surface area (Å²) in [5, 5.41) is 9.44. The number of ether oxygens (including phenoxy) is 2. The highest BCUT2D eigenvalue weighted by molar-refractivity contribution is 6.30. The zero-order valence-electron chi connectivity index (χ0n) is 10.6. The Balaban J connectivity index is 3.02. The first kappa shape index (κ1) is 17.1. The van der Waals surface area contributed by atoms with Gasteiger partial charge in [0.25, 0.3) is 0 Å². The summed E-state index contributed by atoms with van der Waals surface area (Å²) >= 11 is 5.77. The third-order valence-electron chi connectivity index (χ3n) is 2.57. The Morgan fingerprint density at radius 2 is 2.05 bits per heavy atom. The average Bonchev–Trinajstić information content (AvgIpc) is 2.38. The highest BCUT2D eigenvalue weighted by Crippen LogP contribution is 2.37. The van der Waals surface area contributed by atoms with Crippen molar-refractivity contribution in [1.29, 1.82) is 0 Å². The minimum Gasteiger partial charge on any atom is -0.374 e. The van der Waals surface area contributed by atoms with Crippen LogP contribution in [0.15, 0.2) is 12.1 Å². The Morgan fingerprint density at radius 1 is 1.40 bits per heavy atom. The molecule has 1 aromatic rings. The normalized spacial score (nSPS) is 15.2. The molecule has 1 heterocycles. The summed E-state index contributed by atoms with van der Waals surface area (Å²) < 4.78 is 48.1. The highest BCUT2D eigenvalue weighted by atomic mass is 35.5. The molecule has 0 aliphatic heterocycles. The van der Waals surface area contributed by atoms with E-state index in [0.717, 1.165) is 6.07 Å². The van der Waals surface area contributed by atoms with E-state index in [1.807, 2.05) is 0 Å². The maximum absolute atomic E-state index is 12.8. The van der Waals surface area contributed by atoms with Crippen LogP contribution in [0.1, 0.15) is 11.3 Å². The van der Waals surface area contributed by atoms with E-state index in [2.05, 4.69) is 9.72 Å². The SMILES string of the molecule is COCOCc1ccc(C(O)(CN)C(F)(F)F)nc1Cl. The quantitative estimate of drug-likeness (QED) is 0.473. The van der Waals surface area contributed by atoms with Crippen LogP contribution in [0.3, 0.4) is 0 Å². The lowest BCUT2D eigenvalue weighted by atomic mass is 9.98. The van der Waals surface area contributed by atoms with Crippen molar-refractivity contribution >= 4 is 11.6 Å². The van der Waals surface area contributed by atoms with Gasteiger partial charge in [0.05, 0.1) is 12.3 Å². The fourth-order valence-corrected chi connectivity index (χ4v) is 1.61. The molecule has 0 fully saturated rings. The van der Waals surface area contributed by atoms with Crippen molar-refractivity contribution in [2.75, 3.05) is 20.4 Å². The van der Waals surface area contributed by atoms with Crippen LogP contribution in [-0.4, -0.2) is 36.7 Å². The third kappa shape index (κ3) is 3.58. The molecular formula is C11H14ClF3N2O3. The van der Waals surface area contributed by atoms with Gasteiger partial charge in [-0.3, -0.25) is 0 Å². The van der Waals surface area contributed by atoms with Crippen LogP contribution >= 0.6 is 11.6 Å². The average molecular weight is 315 g/mol. The summed E-state index contributed by atoms with van der Waals surface area (Å²) in [7, 11) is 1.42. The van der Waals surface area contributed by atoms with Crippen LogP contribution in [0, 0.1) is 0 Å². The Kier molecular flexibility index (Phi) is 5.72. The topological polar surface area (TPSA) is 77.6 Å². The molecule has 1 aromatic heterocycles. The van der Waals surface area contributed by atoms with Crippen molar-refractivity contribution in [3.05, 3.63) is 28.5 Å². The number of aliphatic hydroxyl groups is 1. The van der Waals surface area contributed by atoms with Gasteiger partial charge in [0.2, 0.25) is 5.60 Å². The first-order chi connectivity index (χ1) is 9.26. The molecule has 0 saturated carbocycles. The number of methoxy groups -OCH3 is 1. The van der Waals surface area contributed by atoms with E-state index in [9.17, 15) is 18.3 Å². The minimum absolute atomic E-state index is 0.00731. The van der Waals surface area contributed by atoms with Crippen molar-refractivity contribution < 1.29 is 27.8 Å². The van der Waals surface area contributed by atoms with Gasteiger partial charge in [-0.2, -0.15) is 13.2 Å². The molecule has 0 radical (unpaired) electrons. The van der Waals surface area contributed by atoms with Crippen LogP contribution in [0.25, 0.3) is 0 Å². The molecule has 0 bridgehead atoms. The van der Waals surface area contributed by atoms with E-state index >= 15 is 0 Å². The Bertz CT molecular complexity index is 459. The van der Waals surface area contributed by atoms with Gasteiger partial charge in [0.15, 0.2) is 0 Å². The van der Waals surface area contributed by atoms with Gasteiger partial charge in [-0.05, 0) is 6.07 Å². The van der Waals surface area contributed by atoms with Gasteiger partial charge in [-0.1, -0.05) is 17.7 Å². The van der Waals surface area contributed by atoms with E-state index in [1.54, 1.807) is 0 Å². The molecular weight excluding hydrogens is 301 g/mol. The standard InChI is InChI=1S/C11H14ClF3N2O3/c1-19-6-20-4-7-2-3-8(17-9(7)12)10(18,5-16)11(13,14)15/h2-3,18H,4-6,16H2,1H3. The van der Waals surface area contributed by atoms with E-state index in [1.165, 1.54) is 13.2 Å². The van der Waals surface area contributed by atoms with Crippen molar-refractivity contribution in [3.8, 4) is 0 Å². The predicted molar refractivity (Wildman–Crippen MR) is 64.9 cm³/mol. The van der Waals surface area contributed by atoms with Crippen LogP contribution in [-0.2, 0) is 21.7 Å². The molecule has 0 aromatic carbocycles. The zero-order valence-corrected chi connectivity index (χ0v) is 11.3. The Morgan fingerprint density at radius 3 is 2.50 bits per heavy atom. The molecule has 0 aliphatic rings. The highest BCUT2D eigenvalue weighted by Gasteiger charge is 2.55. The first-order valence-corrected chi connectivity index (χ1v) is 5.86. The summed E-state index contributed by atoms with van der Waals surface area (Å²) in [6, 6.07) is 2.30. The largest absolute Gasteiger partial charge is 0.424 e. The number of halogens is 4. The maximum Gasteiger partial charge on any atom is 0.424 e. The molecule has 0 saturated heterocycles. The van der Waals surface area contributed by atoms with Gasteiger partial charge >= 0.3 is 6.18 Å². The molecule has 114 valence electrons. The van der Waals surface area contributed by atoms with Crippen LogP contribution in [0.5, 0.6) is 0 Å². The monoisotopic (exact) mass is 314 g/mol. The van der Waals surface area contributed by atoms with Gasteiger partial charge in [0, 0.05) is 19.2 Å². The number of pyridine rings is 1. The molecule has 0 spiro atoms. The fourth-order valence-electron chi connectivity index (χ4n) is 1.40. The van der Waals surface area contributed by atoms with Gasteiger partial charge in [-0.15, -0.1) is 0 Å². The molecule has 1 rings (SSSR count). The molecule has 9 heteroatoms. The van der Waals surface area contributed by atoms with Crippen LogP contribution in [0.4, 0.5) is 13.2 Å². The van der Waals surface area contributed by atoms with Crippen LogP contribution < -0.4 is 5.73 Å². The number of hydrogen-bond donors (Lipinski definition) is 2. The molecule has 20 heavy (non-hydrogen) atoms. The van der Waals surface area contributed by atoms with E-state index in [0.29, 0.717) is 5.56 Å². The van der Waals surface area contributed by atoms with Crippen molar-refractivity contribution in [1.82, 2.24) is 4.98 Å². The van der Waals surface area contributed by atoms with Gasteiger partial charge in [0.1, 0.15) is 11.9 Å². The second kappa shape index (κ2) is 6.68. The fraction of sp³-hybridized carbons (Fsp3) is 0.545. The van der Waals surface area contributed by atoms with Crippen molar-refractivity contribution in [3.63, 3.8) is 0 Å². The molecule has 1 atom stereocenters. The van der Waals surface area contributed by atoms with Gasteiger partial charge < -0.3 is 20.3 Å². The Labute approximate surface area is 118 Å². The van der Waals surface area contributed by atoms with E-state index < -0.39 is 24.0 Å². The lowest BCUT2D eigenvalue weighted by molar-refractivity contribution is -0.263. The number of aromatic nitrogens is 1. The number of alkyl halides is 3. The lowest BCUT2D eigenvalue weighted by Crippen LogP contribution is -2.49.